The van der Waals surface area contributed by atoms with Gasteiger partial charge in [-0.3, -0.25) is 4.79 Å². The van der Waals surface area contributed by atoms with Gasteiger partial charge in [-0.2, -0.15) is 0 Å². The van der Waals surface area contributed by atoms with Crippen molar-refractivity contribution in [2.45, 2.75) is 26.2 Å². The van der Waals surface area contributed by atoms with E-state index < -0.39 is 5.97 Å². The number of rotatable bonds is 6. The molecular formula is C21H24ClNO2S. The van der Waals surface area contributed by atoms with Crippen LogP contribution in [0.25, 0.3) is 5.57 Å². The standard InChI is InChI=1S/C21H24ClNO2S/c1-15-10-13-26-20(15)19(16-6-8-18(22)9-7-16)5-3-12-23-11-2-4-17(14-23)21(24)25/h5-10,13,17H,2-4,11-12,14H2,1H3,(H,24,25). The third-order valence-corrected chi connectivity index (χ3v) is 6.21. The Kier molecular flexibility index (Phi) is 6.52. The fourth-order valence-electron chi connectivity index (χ4n) is 3.47. The van der Waals surface area contributed by atoms with E-state index in [1.807, 2.05) is 12.1 Å². The van der Waals surface area contributed by atoms with Crippen LogP contribution in [-0.4, -0.2) is 35.6 Å². The van der Waals surface area contributed by atoms with E-state index in [-0.39, 0.29) is 5.92 Å². The van der Waals surface area contributed by atoms with Crippen molar-refractivity contribution in [3.05, 3.63) is 62.8 Å². The van der Waals surface area contributed by atoms with Crippen molar-refractivity contribution in [1.82, 2.24) is 4.90 Å². The van der Waals surface area contributed by atoms with E-state index in [2.05, 4.69) is 41.5 Å². The summed E-state index contributed by atoms with van der Waals surface area (Å²) < 4.78 is 0. The van der Waals surface area contributed by atoms with Gasteiger partial charge in [-0.1, -0.05) is 29.8 Å². The SMILES string of the molecule is Cc1ccsc1C(=CCCN1CCCC(C(=O)O)C1)c1ccc(Cl)cc1. The average Bonchev–Trinajstić information content (AvgIpc) is 3.06. The highest BCUT2D eigenvalue weighted by molar-refractivity contribution is 7.11. The van der Waals surface area contributed by atoms with Gasteiger partial charge in [0.15, 0.2) is 0 Å². The molecule has 26 heavy (non-hydrogen) atoms. The Labute approximate surface area is 163 Å². The molecule has 1 N–H and O–H groups in total. The fourth-order valence-corrected chi connectivity index (χ4v) is 4.59. The van der Waals surface area contributed by atoms with Gasteiger partial charge in [0.1, 0.15) is 0 Å². The summed E-state index contributed by atoms with van der Waals surface area (Å²) in [6.07, 6.45) is 4.95. The minimum Gasteiger partial charge on any atom is -0.481 e. The van der Waals surface area contributed by atoms with Crippen molar-refractivity contribution in [1.29, 1.82) is 0 Å². The molecule has 0 bridgehead atoms. The number of carbonyl (C=O) groups is 1. The van der Waals surface area contributed by atoms with Crippen LogP contribution in [-0.2, 0) is 4.79 Å². The van der Waals surface area contributed by atoms with Gasteiger partial charge in [0.2, 0.25) is 0 Å². The minimum absolute atomic E-state index is 0.219. The van der Waals surface area contributed by atoms with Gasteiger partial charge in [0, 0.05) is 23.0 Å². The van der Waals surface area contributed by atoms with Crippen LogP contribution in [0.1, 0.15) is 35.3 Å². The Morgan fingerprint density at radius 2 is 2.12 bits per heavy atom. The normalized spacial score (nSPS) is 18.8. The monoisotopic (exact) mass is 389 g/mol. The molecule has 1 atom stereocenters. The molecule has 0 radical (unpaired) electrons. The van der Waals surface area contributed by atoms with Gasteiger partial charge in [0.25, 0.3) is 0 Å². The summed E-state index contributed by atoms with van der Waals surface area (Å²) in [6, 6.07) is 10.1. The lowest BCUT2D eigenvalue weighted by atomic mass is 9.97. The molecule has 0 spiro atoms. The zero-order valence-corrected chi connectivity index (χ0v) is 16.5. The molecule has 2 aromatic rings. The number of piperidine rings is 1. The highest BCUT2D eigenvalue weighted by Gasteiger charge is 2.24. The zero-order chi connectivity index (χ0) is 18.5. The second kappa shape index (κ2) is 8.85. The van der Waals surface area contributed by atoms with Crippen molar-refractivity contribution in [3.8, 4) is 0 Å². The van der Waals surface area contributed by atoms with E-state index in [0.717, 1.165) is 37.4 Å². The number of likely N-dealkylation sites (tertiary alicyclic amines) is 1. The second-order valence-corrected chi connectivity index (χ2v) is 8.18. The first-order valence-corrected chi connectivity index (χ1v) is 10.3. The molecule has 1 aliphatic heterocycles. The first-order valence-electron chi connectivity index (χ1n) is 9.00. The number of aryl methyl sites for hydroxylation is 1. The molecule has 1 aromatic carbocycles. The number of benzene rings is 1. The van der Waals surface area contributed by atoms with Crippen molar-refractivity contribution < 1.29 is 9.90 Å². The Hall–Kier alpha value is -1.62. The number of thiophene rings is 1. The Balaban J connectivity index is 1.74. The summed E-state index contributed by atoms with van der Waals surface area (Å²) in [6.45, 7) is 4.69. The second-order valence-electron chi connectivity index (χ2n) is 6.82. The molecule has 1 fully saturated rings. The van der Waals surface area contributed by atoms with Crippen molar-refractivity contribution in [2.75, 3.05) is 19.6 Å². The third kappa shape index (κ3) is 4.76. The maximum Gasteiger partial charge on any atom is 0.307 e. The number of carboxylic acid groups (broad SMARTS) is 1. The van der Waals surface area contributed by atoms with Crippen LogP contribution >= 0.6 is 22.9 Å². The van der Waals surface area contributed by atoms with Crippen molar-refractivity contribution in [3.63, 3.8) is 0 Å². The molecule has 138 valence electrons. The molecule has 0 aliphatic carbocycles. The zero-order valence-electron chi connectivity index (χ0n) is 15.0. The maximum absolute atomic E-state index is 11.2. The molecule has 2 heterocycles. The van der Waals surface area contributed by atoms with Gasteiger partial charge in [0.05, 0.1) is 5.92 Å². The molecule has 3 nitrogen and oxygen atoms in total. The number of carboxylic acids is 1. The van der Waals surface area contributed by atoms with E-state index in [1.165, 1.54) is 21.6 Å². The molecule has 1 unspecified atom stereocenters. The lowest BCUT2D eigenvalue weighted by Gasteiger charge is -2.30. The van der Waals surface area contributed by atoms with Crippen LogP contribution < -0.4 is 0 Å². The van der Waals surface area contributed by atoms with Gasteiger partial charge in [-0.15, -0.1) is 11.3 Å². The van der Waals surface area contributed by atoms with Gasteiger partial charge in [-0.25, -0.2) is 0 Å². The fraction of sp³-hybridized carbons (Fsp3) is 0.381. The predicted molar refractivity (Wildman–Crippen MR) is 109 cm³/mol. The molecular weight excluding hydrogens is 366 g/mol. The van der Waals surface area contributed by atoms with Crippen LogP contribution in [0, 0.1) is 12.8 Å². The number of hydrogen-bond acceptors (Lipinski definition) is 3. The van der Waals surface area contributed by atoms with E-state index in [1.54, 1.807) is 11.3 Å². The minimum atomic E-state index is -0.665. The summed E-state index contributed by atoms with van der Waals surface area (Å²) in [7, 11) is 0. The van der Waals surface area contributed by atoms with Crippen LogP contribution in [0.5, 0.6) is 0 Å². The van der Waals surface area contributed by atoms with Crippen molar-refractivity contribution >= 4 is 34.5 Å². The summed E-state index contributed by atoms with van der Waals surface area (Å²) in [4.78, 5) is 14.8. The Morgan fingerprint density at radius 1 is 1.35 bits per heavy atom. The number of nitrogens with zero attached hydrogens (tertiary/aromatic N) is 1. The molecule has 3 rings (SSSR count). The predicted octanol–water partition coefficient (Wildman–Crippen LogP) is 5.33. The number of aliphatic carboxylic acids is 1. The molecule has 1 aromatic heterocycles. The highest BCUT2D eigenvalue weighted by atomic mass is 35.5. The first-order chi connectivity index (χ1) is 12.5. The summed E-state index contributed by atoms with van der Waals surface area (Å²) in [5, 5.41) is 12.1. The summed E-state index contributed by atoms with van der Waals surface area (Å²) in [5.41, 5.74) is 3.68. The van der Waals surface area contributed by atoms with Crippen molar-refractivity contribution in [2.24, 2.45) is 5.92 Å². The van der Waals surface area contributed by atoms with E-state index in [0.29, 0.717) is 6.54 Å². The molecule has 5 heteroatoms. The first kappa shape index (κ1) is 19.2. The number of halogens is 1. The number of hydrogen-bond donors (Lipinski definition) is 1. The average molecular weight is 390 g/mol. The van der Waals surface area contributed by atoms with Crippen LogP contribution in [0.3, 0.4) is 0 Å². The van der Waals surface area contributed by atoms with Gasteiger partial charge >= 0.3 is 5.97 Å². The Morgan fingerprint density at radius 3 is 2.77 bits per heavy atom. The Bertz CT molecular complexity index is 782. The van der Waals surface area contributed by atoms with Crippen LogP contribution in [0.2, 0.25) is 5.02 Å². The summed E-state index contributed by atoms with van der Waals surface area (Å²) >= 11 is 7.80. The van der Waals surface area contributed by atoms with E-state index in [4.69, 9.17) is 11.6 Å². The quantitative estimate of drug-likeness (QED) is 0.726. The third-order valence-electron chi connectivity index (χ3n) is 4.91. The lowest BCUT2D eigenvalue weighted by Crippen LogP contribution is -2.39. The molecule has 1 aliphatic rings. The molecule has 1 saturated heterocycles. The van der Waals surface area contributed by atoms with Crippen LogP contribution in [0.15, 0.2) is 41.8 Å². The van der Waals surface area contributed by atoms with Gasteiger partial charge in [-0.05, 0) is 73.0 Å². The van der Waals surface area contributed by atoms with Crippen LogP contribution in [0.4, 0.5) is 0 Å². The highest BCUT2D eigenvalue weighted by Crippen LogP contribution is 2.31. The smallest absolute Gasteiger partial charge is 0.307 e. The van der Waals surface area contributed by atoms with Gasteiger partial charge < -0.3 is 10.0 Å². The molecule has 0 amide bonds. The maximum atomic E-state index is 11.2. The summed E-state index contributed by atoms with van der Waals surface area (Å²) in [5.74, 6) is -0.885. The molecule has 0 saturated carbocycles. The lowest BCUT2D eigenvalue weighted by molar-refractivity contribution is -0.143. The van der Waals surface area contributed by atoms with E-state index in [9.17, 15) is 9.90 Å². The topological polar surface area (TPSA) is 40.5 Å². The van der Waals surface area contributed by atoms with E-state index >= 15 is 0 Å². The largest absolute Gasteiger partial charge is 0.481 e.